The first-order valence-electron chi connectivity index (χ1n) is 8.86. The maximum atomic E-state index is 13.0. The predicted molar refractivity (Wildman–Crippen MR) is 94.3 cm³/mol. The highest BCUT2D eigenvalue weighted by atomic mass is 32.2. The van der Waals surface area contributed by atoms with Crippen molar-refractivity contribution in [2.45, 2.75) is 56.5 Å². The van der Waals surface area contributed by atoms with Crippen molar-refractivity contribution >= 4 is 29.7 Å². The van der Waals surface area contributed by atoms with E-state index >= 15 is 0 Å². The van der Waals surface area contributed by atoms with Crippen molar-refractivity contribution in [3.63, 3.8) is 0 Å². The molecule has 2 saturated heterocycles. The van der Waals surface area contributed by atoms with Crippen LogP contribution >= 0.6 is 11.9 Å². The quantitative estimate of drug-likeness (QED) is 0.174. The summed E-state index contributed by atoms with van der Waals surface area (Å²) in [5.74, 6) is -2.67. The second-order valence-corrected chi connectivity index (χ2v) is 7.47. The molecule has 11 heteroatoms. The Balaban J connectivity index is 2.06. The molecular weight excluding hydrogens is 362 g/mol. The Morgan fingerprint density at radius 1 is 1.38 bits per heavy atom. The molecular formula is C15H27N5O5S. The van der Waals surface area contributed by atoms with Gasteiger partial charge in [0.1, 0.15) is 17.5 Å². The summed E-state index contributed by atoms with van der Waals surface area (Å²) in [4.78, 5) is 41.4. The van der Waals surface area contributed by atoms with Gasteiger partial charge < -0.3 is 15.3 Å². The van der Waals surface area contributed by atoms with Crippen molar-refractivity contribution in [1.29, 1.82) is 0 Å². The van der Waals surface area contributed by atoms with Crippen molar-refractivity contribution in [3.05, 3.63) is 0 Å². The molecule has 2 fully saturated rings. The number of hydrogen-bond acceptors (Lipinski definition) is 8. The molecule has 4 atom stereocenters. The largest absolute Gasteiger partial charge is 0.382 e. The molecule has 0 saturated carbocycles. The fraction of sp³-hybridized carbons (Fsp3) is 0.800. The third-order valence-corrected chi connectivity index (χ3v) is 5.48. The van der Waals surface area contributed by atoms with Gasteiger partial charge in [-0.15, -0.1) is 0 Å². The van der Waals surface area contributed by atoms with Crippen LogP contribution in [0.3, 0.4) is 0 Å². The van der Waals surface area contributed by atoms with Gasteiger partial charge in [-0.05, 0) is 31.2 Å². The molecule has 0 aromatic heterocycles. The zero-order chi connectivity index (χ0) is 19.1. The minimum absolute atomic E-state index is 0.123. The normalized spacial score (nSPS) is 25.0. The van der Waals surface area contributed by atoms with Crippen LogP contribution < -0.4 is 21.1 Å². The van der Waals surface area contributed by atoms with E-state index in [9.17, 15) is 19.5 Å². The van der Waals surface area contributed by atoms with Gasteiger partial charge in [-0.1, -0.05) is 19.8 Å². The van der Waals surface area contributed by atoms with Crippen LogP contribution in [0.1, 0.15) is 39.0 Å². The van der Waals surface area contributed by atoms with Crippen molar-refractivity contribution < 1.29 is 24.7 Å². The number of unbranched alkanes of at least 4 members (excludes halogenated alkanes) is 1. The second kappa shape index (κ2) is 10.1. The van der Waals surface area contributed by atoms with Gasteiger partial charge in [0.15, 0.2) is 0 Å². The first-order valence-corrected chi connectivity index (χ1v) is 9.74. The van der Waals surface area contributed by atoms with Gasteiger partial charge in [0.05, 0.1) is 5.92 Å². The molecule has 2 aliphatic rings. The SMILES string of the molecule is CCCCC(C(=O)N1CCC[C@H]1C(=O)NC1CNNS1)C(O)C(=O)NO. The third-order valence-electron chi connectivity index (χ3n) is 4.65. The Bertz CT molecular complexity index is 517. The number of hydrogen-bond donors (Lipinski definition) is 6. The Morgan fingerprint density at radius 2 is 2.15 bits per heavy atom. The summed E-state index contributed by atoms with van der Waals surface area (Å²) in [5, 5.41) is 21.7. The smallest absolute Gasteiger partial charge is 0.272 e. The first kappa shape index (κ1) is 20.9. The highest BCUT2D eigenvalue weighted by Gasteiger charge is 2.41. The average Bonchev–Trinajstić information content (AvgIpc) is 3.32. The fourth-order valence-corrected chi connectivity index (χ4v) is 3.88. The Labute approximate surface area is 156 Å². The van der Waals surface area contributed by atoms with Crippen molar-refractivity contribution in [3.8, 4) is 0 Å². The second-order valence-electron chi connectivity index (χ2n) is 6.46. The van der Waals surface area contributed by atoms with Crippen LogP contribution in [0, 0.1) is 5.92 Å². The van der Waals surface area contributed by atoms with E-state index in [1.807, 2.05) is 6.92 Å². The maximum absolute atomic E-state index is 13.0. The molecule has 3 amide bonds. The number of aliphatic hydroxyl groups excluding tert-OH is 1. The van der Waals surface area contributed by atoms with Gasteiger partial charge in [0, 0.05) is 13.1 Å². The molecule has 3 unspecified atom stereocenters. The lowest BCUT2D eigenvalue weighted by molar-refractivity contribution is -0.152. The van der Waals surface area contributed by atoms with E-state index in [0.717, 1.165) is 6.42 Å². The number of carbonyl (C=O) groups is 3. The number of carbonyl (C=O) groups excluding carboxylic acids is 3. The van der Waals surface area contributed by atoms with Gasteiger partial charge >= 0.3 is 0 Å². The molecule has 26 heavy (non-hydrogen) atoms. The number of amides is 3. The number of hydrazine groups is 1. The maximum Gasteiger partial charge on any atom is 0.272 e. The minimum Gasteiger partial charge on any atom is -0.382 e. The van der Waals surface area contributed by atoms with Crippen LogP contribution in [-0.4, -0.2) is 63.5 Å². The highest BCUT2D eigenvalue weighted by Crippen LogP contribution is 2.25. The topological polar surface area (TPSA) is 143 Å². The summed E-state index contributed by atoms with van der Waals surface area (Å²) in [5.41, 5.74) is 4.29. The van der Waals surface area contributed by atoms with Crippen LogP contribution in [0.15, 0.2) is 0 Å². The van der Waals surface area contributed by atoms with E-state index in [0.29, 0.717) is 38.8 Å². The van der Waals surface area contributed by atoms with Gasteiger partial charge in [0.2, 0.25) is 11.8 Å². The molecule has 148 valence electrons. The Kier molecular flexibility index (Phi) is 8.10. The van der Waals surface area contributed by atoms with Crippen molar-refractivity contribution in [2.24, 2.45) is 5.92 Å². The van der Waals surface area contributed by atoms with Crippen LogP contribution in [0.5, 0.6) is 0 Å². The van der Waals surface area contributed by atoms with Crippen LogP contribution in [0.25, 0.3) is 0 Å². The lowest BCUT2D eigenvalue weighted by atomic mass is 9.93. The number of rotatable bonds is 8. The lowest BCUT2D eigenvalue weighted by Crippen LogP contribution is -2.53. The van der Waals surface area contributed by atoms with Crippen LogP contribution in [0.4, 0.5) is 0 Å². The predicted octanol–water partition coefficient (Wildman–Crippen LogP) is -1.15. The van der Waals surface area contributed by atoms with Gasteiger partial charge in [-0.3, -0.25) is 19.6 Å². The standard InChI is InChI=1S/C15H27N5O5S/c1-2-3-5-9(12(21)14(23)18-25)15(24)20-7-4-6-10(20)13(22)17-11-8-16-19-26-11/h9-12,16,19,21,25H,2-8H2,1H3,(H,17,22)(H,18,23)/t9?,10-,11?,12?/m0/s1. The molecule has 0 aromatic rings. The average molecular weight is 389 g/mol. The first-order chi connectivity index (χ1) is 12.5. The number of aliphatic hydroxyl groups is 1. The Hall–Kier alpha value is -1.40. The highest BCUT2D eigenvalue weighted by molar-refractivity contribution is 7.98. The summed E-state index contributed by atoms with van der Waals surface area (Å²) in [6.45, 7) is 2.92. The summed E-state index contributed by atoms with van der Waals surface area (Å²) in [6, 6.07) is -0.614. The monoisotopic (exact) mass is 389 g/mol. The summed E-state index contributed by atoms with van der Waals surface area (Å²) in [6.07, 6.45) is 1.32. The fourth-order valence-electron chi connectivity index (χ4n) is 3.23. The molecule has 0 aromatic carbocycles. The van der Waals surface area contributed by atoms with E-state index in [2.05, 4.69) is 15.6 Å². The van der Waals surface area contributed by atoms with Crippen LogP contribution in [0.2, 0.25) is 0 Å². The molecule has 2 rings (SSSR count). The molecule has 0 aliphatic carbocycles. The molecule has 0 spiro atoms. The molecule has 0 bridgehead atoms. The van der Waals surface area contributed by atoms with E-state index < -0.39 is 29.9 Å². The van der Waals surface area contributed by atoms with Crippen molar-refractivity contribution in [2.75, 3.05) is 13.1 Å². The zero-order valence-electron chi connectivity index (χ0n) is 14.7. The van der Waals surface area contributed by atoms with E-state index in [1.165, 1.54) is 22.3 Å². The van der Waals surface area contributed by atoms with Crippen molar-refractivity contribution in [1.82, 2.24) is 26.0 Å². The Morgan fingerprint density at radius 3 is 2.77 bits per heavy atom. The minimum atomic E-state index is -1.65. The zero-order valence-corrected chi connectivity index (χ0v) is 15.6. The van der Waals surface area contributed by atoms with Gasteiger partial charge in [0.25, 0.3) is 5.91 Å². The summed E-state index contributed by atoms with van der Waals surface area (Å²) in [7, 11) is 0. The summed E-state index contributed by atoms with van der Waals surface area (Å²) >= 11 is 1.35. The van der Waals surface area contributed by atoms with E-state index in [1.54, 1.807) is 0 Å². The molecule has 6 N–H and O–H groups in total. The third kappa shape index (κ3) is 5.07. The summed E-state index contributed by atoms with van der Waals surface area (Å²) < 4.78 is 0. The van der Waals surface area contributed by atoms with Gasteiger partial charge in [-0.2, -0.15) is 4.83 Å². The molecule has 2 heterocycles. The van der Waals surface area contributed by atoms with Crippen LogP contribution in [-0.2, 0) is 14.4 Å². The molecule has 10 nitrogen and oxygen atoms in total. The lowest BCUT2D eigenvalue weighted by Gasteiger charge is -2.30. The van der Waals surface area contributed by atoms with Gasteiger partial charge in [-0.25, -0.2) is 10.9 Å². The van der Waals surface area contributed by atoms with E-state index in [4.69, 9.17) is 5.21 Å². The van der Waals surface area contributed by atoms with E-state index in [-0.39, 0.29) is 11.3 Å². The molecule has 0 radical (unpaired) electrons. The number of likely N-dealkylation sites (tertiary alicyclic amines) is 1. The number of nitrogens with one attached hydrogen (secondary N) is 4. The molecule has 2 aliphatic heterocycles. The number of hydroxylamine groups is 1. The number of nitrogens with zero attached hydrogens (tertiary/aromatic N) is 1.